The number of hydrogen-bond acceptors (Lipinski definition) is 7. The molecule has 3 heterocycles. The molecule has 0 radical (unpaired) electrons. The Hall–Kier alpha value is -1.77. The van der Waals surface area contributed by atoms with E-state index in [0.717, 1.165) is 31.2 Å². The van der Waals surface area contributed by atoms with Crippen molar-refractivity contribution in [2.24, 2.45) is 5.92 Å². The standard InChI is InChI=1S/C18H26N4O3S/c1-13(2)14(22-7-9-24-10-8-22)12-19-16(23)5-6-17-20-18(21-25-17)15-4-3-11-26-15/h3-4,11,13-14H,5-10,12H2,1-2H3,(H,19,23). The first kappa shape index (κ1) is 19.0. The van der Waals surface area contributed by atoms with E-state index in [2.05, 4.69) is 34.2 Å². The van der Waals surface area contributed by atoms with Crippen LogP contribution in [0.1, 0.15) is 26.2 Å². The number of nitrogens with one attached hydrogen (secondary N) is 1. The molecule has 1 amide bonds. The summed E-state index contributed by atoms with van der Waals surface area (Å²) in [5, 5.41) is 9.00. The zero-order valence-electron chi connectivity index (χ0n) is 15.3. The summed E-state index contributed by atoms with van der Waals surface area (Å²) in [6, 6.07) is 4.23. The number of aromatic nitrogens is 2. The Kier molecular flexibility index (Phi) is 6.76. The highest BCUT2D eigenvalue weighted by atomic mass is 32.1. The average Bonchev–Trinajstić information content (AvgIpc) is 3.32. The van der Waals surface area contributed by atoms with Gasteiger partial charge in [0, 0.05) is 38.5 Å². The first-order chi connectivity index (χ1) is 12.6. The summed E-state index contributed by atoms with van der Waals surface area (Å²) in [7, 11) is 0. The molecule has 2 aromatic heterocycles. The normalized spacial score (nSPS) is 16.7. The third kappa shape index (κ3) is 5.12. The lowest BCUT2D eigenvalue weighted by Crippen LogP contribution is -2.51. The lowest BCUT2D eigenvalue weighted by Gasteiger charge is -2.36. The Bertz CT molecular complexity index is 680. The molecule has 1 saturated heterocycles. The lowest BCUT2D eigenvalue weighted by atomic mass is 10.0. The third-order valence-electron chi connectivity index (χ3n) is 4.57. The van der Waals surface area contributed by atoms with Gasteiger partial charge in [-0.2, -0.15) is 4.98 Å². The minimum Gasteiger partial charge on any atom is -0.379 e. The van der Waals surface area contributed by atoms with Crippen LogP contribution in [0.5, 0.6) is 0 Å². The lowest BCUT2D eigenvalue weighted by molar-refractivity contribution is -0.121. The molecule has 26 heavy (non-hydrogen) atoms. The van der Waals surface area contributed by atoms with Crippen LogP contribution in [0.3, 0.4) is 0 Å². The molecule has 3 rings (SSSR count). The van der Waals surface area contributed by atoms with Crippen LogP contribution in [0.2, 0.25) is 0 Å². The van der Waals surface area contributed by atoms with Crippen LogP contribution >= 0.6 is 11.3 Å². The largest absolute Gasteiger partial charge is 0.379 e. The van der Waals surface area contributed by atoms with Crippen LogP contribution in [0.25, 0.3) is 10.7 Å². The van der Waals surface area contributed by atoms with Crippen molar-refractivity contribution in [1.29, 1.82) is 0 Å². The average molecular weight is 378 g/mol. The highest BCUT2D eigenvalue weighted by molar-refractivity contribution is 7.13. The van der Waals surface area contributed by atoms with Gasteiger partial charge in [0.15, 0.2) is 0 Å². The molecule has 1 atom stereocenters. The van der Waals surface area contributed by atoms with Crippen LogP contribution in [0.15, 0.2) is 22.0 Å². The highest BCUT2D eigenvalue weighted by Crippen LogP contribution is 2.21. The van der Waals surface area contributed by atoms with Gasteiger partial charge in [-0.3, -0.25) is 9.69 Å². The van der Waals surface area contributed by atoms with Crippen LogP contribution in [-0.2, 0) is 16.0 Å². The topological polar surface area (TPSA) is 80.5 Å². The molecule has 7 nitrogen and oxygen atoms in total. The third-order valence-corrected chi connectivity index (χ3v) is 5.43. The zero-order valence-corrected chi connectivity index (χ0v) is 16.1. The highest BCUT2D eigenvalue weighted by Gasteiger charge is 2.24. The van der Waals surface area contributed by atoms with Gasteiger partial charge in [-0.1, -0.05) is 25.1 Å². The fourth-order valence-corrected chi connectivity index (χ4v) is 3.73. The molecule has 0 spiro atoms. The Morgan fingerprint density at radius 2 is 2.19 bits per heavy atom. The van der Waals surface area contributed by atoms with E-state index in [-0.39, 0.29) is 5.91 Å². The van der Waals surface area contributed by atoms with Gasteiger partial charge in [0.25, 0.3) is 0 Å². The van der Waals surface area contributed by atoms with Crippen LogP contribution in [-0.4, -0.2) is 59.8 Å². The molecule has 0 saturated carbocycles. The summed E-state index contributed by atoms with van der Waals surface area (Å²) in [5.41, 5.74) is 0. The number of carbonyl (C=O) groups excluding carboxylic acids is 1. The summed E-state index contributed by atoms with van der Waals surface area (Å²) in [6.07, 6.45) is 0.800. The fraction of sp³-hybridized carbons (Fsp3) is 0.611. The number of amides is 1. The van der Waals surface area contributed by atoms with Crippen molar-refractivity contribution in [2.75, 3.05) is 32.8 Å². The van der Waals surface area contributed by atoms with E-state index in [0.29, 0.717) is 43.1 Å². The minimum atomic E-state index is 0.0137. The van der Waals surface area contributed by atoms with Crippen LogP contribution in [0, 0.1) is 5.92 Å². The predicted octanol–water partition coefficient (Wildman–Crippen LogP) is 2.20. The molecule has 1 N–H and O–H groups in total. The quantitative estimate of drug-likeness (QED) is 0.759. The molecule has 142 valence electrons. The van der Waals surface area contributed by atoms with Gasteiger partial charge in [0.05, 0.1) is 18.1 Å². The first-order valence-corrected chi connectivity index (χ1v) is 9.96. The van der Waals surface area contributed by atoms with Gasteiger partial charge in [-0.25, -0.2) is 0 Å². The van der Waals surface area contributed by atoms with E-state index in [1.165, 1.54) is 0 Å². The second kappa shape index (κ2) is 9.25. The van der Waals surface area contributed by atoms with Gasteiger partial charge >= 0.3 is 0 Å². The number of rotatable bonds is 8. The maximum atomic E-state index is 12.2. The van der Waals surface area contributed by atoms with Crippen LogP contribution in [0.4, 0.5) is 0 Å². The Morgan fingerprint density at radius 3 is 2.88 bits per heavy atom. The van der Waals surface area contributed by atoms with E-state index in [1.54, 1.807) is 11.3 Å². The van der Waals surface area contributed by atoms with Gasteiger partial charge in [-0.15, -0.1) is 11.3 Å². The number of hydrogen-bond donors (Lipinski definition) is 1. The molecule has 0 aliphatic carbocycles. The van der Waals surface area contributed by atoms with Gasteiger partial charge < -0.3 is 14.6 Å². The van der Waals surface area contributed by atoms with Gasteiger partial charge in [0.2, 0.25) is 17.6 Å². The minimum absolute atomic E-state index is 0.0137. The first-order valence-electron chi connectivity index (χ1n) is 9.08. The number of aryl methyl sites for hydroxylation is 1. The smallest absolute Gasteiger partial charge is 0.227 e. The van der Waals surface area contributed by atoms with E-state index in [9.17, 15) is 4.79 Å². The Balaban J connectivity index is 1.44. The summed E-state index contributed by atoms with van der Waals surface area (Å²) in [4.78, 5) is 19.9. The van der Waals surface area contributed by atoms with Crippen molar-refractivity contribution in [3.8, 4) is 10.7 Å². The summed E-state index contributed by atoms with van der Waals surface area (Å²) in [6.45, 7) is 8.41. The maximum absolute atomic E-state index is 12.2. The van der Waals surface area contributed by atoms with E-state index in [1.807, 2.05) is 17.5 Å². The summed E-state index contributed by atoms with van der Waals surface area (Å²) >= 11 is 1.56. The van der Waals surface area contributed by atoms with Crippen molar-refractivity contribution in [1.82, 2.24) is 20.4 Å². The van der Waals surface area contributed by atoms with Crippen molar-refractivity contribution >= 4 is 17.2 Å². The fourth-order valence-electron chi connectivity index (χ4n) is 3.09. The molecule has 1 aliphatic rings. The number of carbonyl (C=O) groups is 1. The van der Waals surface area contributed by atoms with Crippen molar-refractivity contribution < 1.29 is 14.1 Å². The van der Waals surface area contributed by atoms with E-state index < -0.39 is 0 Å². The molecule has 1 unspecified atom stereocenters. The molecule has 2 aromatic rings. The summed E-state index contributed by atoms with van der Waals surface area (Å²) < 4.78 is 10.7. The zero-order chi connectivity index (χ0) is 18.4. The predicted molar refractivity (Wildman–Crippen MR) is 100.0 cm³/mol. The number of ether oxygens (including phenoxy) is 1. The van der Waals surface area contributed by atoms with Crippen molar-refractivity contribution in [3.63, 3.8) is 0 Å². The second-order valence-corrected chi connectivity index (χ2v) is 7.70. The SMILES string of the molecule is CC(C)C(CNC(=O)CCc1nc(-c2cccs2)no1)N1CCOCC1. The number of morpholine rings is 1. The van der Waals surface area contributed by atoms with Crippen molar-refractivity contribution in [3.05, 3.63) is 23.4 Å². The Labute approximate surface area is 157 Å². The molecular formula is C18H26N4O3S. The second-order valence-electron chi connectivity index (χ2n) is 6.75. The molecule has 1 aliphatic heterocycles. The van der Waals surface area contributed by atoms with Crippen molar-refractivity contribution in [2.45, 2.75) is 32.7 Å². The van der Waals surface area contributed by atoms with E-state index in [4.69, 9.17) is 9.26 Å². The van der Waals surface area contributed by atoms with Gasteiger partial charge in [-0.05, 0) is 17.4 Å². The number of nitrogens with zero attached hydrogens (tertiary/aromatic N) is 3. The van der Waals surface area contributed by atoms with Crippen LogP contribution < -0.4 is 5.32 Å². The molecular weight excluding hydrogens is 352 g/mol. The molecule has 0 bridgehead atoms. The summed E-state index contributed by atoms with van der Waals surface area (Å²) in [5.74, 6) is 1.57. The van der Waals surface area contributed by atoms with Gasteiger partial charge in [0.1, 0.15) is 0 Å². The maximum Gasteiger partial charge on any atom is 0.227 e. The molecule has 1 fully saturated rings. The monoisotopic (exact) mass is 378 g/mol. The Morgan fingerprint density at radius 1 is 1.38 bits per heavy atom. The molecule has 8 heteroatoms. The van der Waals surface area contributed by atoms with E-state index >= 15 is 0 Å². The number of thiophene rings is 1. The molecule has 0 aromatic carbocycles.